The van der Waals surface area contributed by atoms with E-state index >= 15 is 0 Å². The molecule has 1 saturated carbocycles. The summed E-state index contributed by atoms with van der Waals surface area (Å²) in [4.78, 5) is 0.333. The van der Waals surface area contributed by atoms with Crippen molar-refractivity contribution in [3.8, 4) is 0 Å². The Balaban J connectivity index is 2.24. The molecule has 1 aliphatic carbocycles. The van der Waals surface area contributed by atoms with Gasteiger partial charge in [-0.2, -0.15) is 5.10 Å². The lowest BCUT2D eigenvalue weighted by molar-refractivity contribution is 0.372. The topological polar surface area (TPSA) is 64.0 Å². The predicted molar refractivity (Wildman–Crippen MR) is 74.4 cm³/mol. The predicted octanol–water partition coefficient (Wildman–Crippen LogP) is 1.89. The molecule has 0 amide bonds. The van der Waals surface area contributed by atoms with Crippen LogP contribution in [0.15, 0.2) is 4.90 Å². The minimum atomic E-state index is -3.47. The van der Waals surface area contributed by atoms with E-state index in [9.17, 15) is 8.42 Å². The molecule has 1 aliphatic rings. The van der Waals surface area contributed by atoms with E-state index in [-0.39, 0.29) is 11.5 Å². The Kier molecular flexibility index (Phi) is 3.51. The first-order valence-electron chi connectivity index (χ1n) is 6.65. The van der Waals surface area contributed by atoms with Crippen LogP contribution in [0.1, 0.15) is 44.5 Å². The highest BCUT2D eigenvalue weighted by Crippen LogP contribution is 2.37. The van der Waals surface area contributed by atoms with E-state index in [1.807, 2.05) is 0 Å². The molecule has 1 atom stereocenters. The molecular weight excluding hydrogens is 262 g/mol. The van der Waals surface area contributed by atoms with Gasteiger partial charge in [-0.25, -0.2) is 13.1 Å². The second kappa shape index (κ2) is 4.59. The van der Waals surface area contributed by atoms with Crippen molar-refractivity contribution in [2.24, 2.45) is 12.5 Å². The van der Waals surface area contributed by atoms with Gasteiger partial charge in [0.25, 0.3) is 0 Å². The van der Waals surface area contributed by atoms with Crippen LogP contribution in [0.2, 0.25) is 0 Å². The molecule has 0 saturated heterocycles. The maximum absolute atomic E-state index is 12.5. The summed E-state index contributed by atoms with van der Waals surface area (Å²) in [6.45, 7) is 7.89. The zero-order valence-electron chi connectivity index (χ0n) is 12.3. The minimum absolute atomic E-state index is 0.0407. The van der Waals surface area contributed by atoms with Crippen LogP contribution in [0.25, 0.3) is 0 Å². The third kappa shape index (κ3) is 2.84. The van der Waals surface area contributed by atoms with E-state index in [1.165, 1.54) is 0 Å². The van der Waals surface area contributed by atoms with Gasteiger partial charge >= 0.3 is 0 Å². The van der Waals surface area contributed by atoms with Crippen molar-refractivity contribution >= 4 is 10.0 Å². The van der Waals surface area contributed by atoms with Crippen LogP contribution in [-0.2, 0) is 17.1 Å². The van der Waals surface area contributed by atoms with E-state index in [0.717, 1.165) is 19.3 Å². The van der Waals surface area contributed by atoms with Gasteiger partial charge in [-0.1, -0.05) is 13.8 Å². The Morgan fingerprint density at radius 1 is 1.37 bits per heavy atom. The highest BCUT2D eigenvalue weighted by atomic mass is 32.2. The quantitative estimate of drug-likeness (QED) is 0.922. The van der Waals surface area contributed by atoms with Crippen LogP contribution >= 0.6 is 0 Å². The SMILES string of the molecule is Cc1nn(C)c(C)c1S(=O)(=O)NC1CCC(C)(C)C1. The van der Waals surface area contributed by atoms with Crippen molar-refractivity contribution in [2.75, 3.05) is 0 Å². The van der Waals surface area contributed by atoms with Crippen molar-refractivity contribution in [3.63, 3.8) is 0 Å². The van der Waals surface area contributed by atoms with Gasteiger partial charge in [0.15, 0.2) is 0 Å². The Hall–Kier alpha value is -0.880. The number of nitrogens with zero attached hydrogens (tertiary/aromatic N) is 2. The molecule has 1 aromatic rings. The Bertz CT molecular complexity index is 587. The smallest absolute Gasteiger partial charge is 0.244 e. The van der Waals surface area contributed by atoms with E-state index < -0.39 is 10.0 Å². The molecule has 6 heteroatoms. The summed E-state index contributed by atoms with van der Waals surface area (Å²) >= 11 is 0. The third-order valence-electron chi connectivity index (χ3n) is 4.00. The van der Waals surface area contributed by atoms with Crippen LogP contribution < -0.4 is 4.72 Å². The lowest BCUT2D eigenvalue weighted by Gasteiger charge is -2.18. The van der Waals surface area contributed by atoms with Crippen LogP contribution in [0.5, 0.6) is 0 Å². The molecule has 0 radical (unpaired) electrons. The van der Waals surface area contributed by atoms with Gasteiger partial charge < -0.3 is 0 Å². The zero-order chi connectivity index (χ0) is 14.4. The molecule has 5 nitrogen and oxygen atoms in total. The van der Waals surface area contributed by atoms with Crippen LogP contribution in [0, 0.1) is 19.3 Å². The Morgan fingerprint density at radius 3 is 2.42 bits per heavy atom. The summed E-state index contributed by atoms with van der Waals surface area (Å²) < 4.78 is 29.4. The fourth-order valence-corrected chi connectivity index (χ4v) is 4.67. The number of aromatic nitrogens is 2. The highest BCUT2D eigenvalue weighted by molar-refractivity contribution is 7.89. The first-order valence-corrected chi connectivity index (χ1v) is 8.13. The molecular formula is C13H23N3O2S. The maximum atomic E-state index is 12.5. The number of sulfonamides is 1. The van der Waals surface area contributed by atoms with Gasteiger partial charge in [-0.15, -0.1) is 0 Å². The summed E-state index contributed by atoms with van der Waals surface area (Å²) in [6.07, 6.45) is 2.86. The number of hydrogen-bond donors (Lipinski definition) is 1. The van der Waals surface area contributed by atoms with Gasteiger partial charge in [0.1, 0.15) is 4.90 Å². The number of nitrogens with one attached hydrogen (secondary N) is 1. The molecule has 0 aromatic carbocycles. The Labute approximate surface area is 115 Å². The molecule has 1 unspecified atom stereocenters. The van der Waals surface area contributed by atoms with E-state index in [2.05, 4.69) is 23.7 Å². The van der Waals surface area contributed by atoms with Gasteiger partial charge in [-0.3, -0.25) is 4.68 Å². The lowest BCUT2D eigenvalue weighted by Crippen LogP contribution is -2.34. The van der Waals surface area contributed by atoms with Crippen molar-refractivity contribution < 1.29 is 8.42 Å². The van der Waals surface area contributed by atoms with Crippen molar-refractivity contribution in [2.45, 2.75) is 57.9 Å². The monoisotopic (exact) mass is 285 g/mol. The molecule has 1 N–H and O–H groups in total. The molecule has 0 aliphatic heterocycles. The molecule has 0 bridgehead atoms. The van der Waals surface area contributed by atoms with E-state index in [4.69, 9.17) is 0 Å². The second-order valence-corrected chi connectivity index (χ2v) is 8.00. The van der Waals surface area contributed by atoms with Crippen molar-refractivity contribution in [3.05, 3.63) is 11.4 Å². The average Bonchev–Trinajstić information content (AvgIpc) is 2.67. The largest absolute Gasteiger partial charge is 0.271 e. The third-order valence-corrected chi connectivity index (χ3v) is 5.77. The lowest BCUT2D eigenvalue weighted by atomic mass is 9.92. The highest BCUT2D eigenvalue weighted by Gasteiger charge is 2.34. The fourth-order valence-electron chi connectivity index (χ4n) is 2.96. The van der Waals surface area contributed by atoms with Gasteiger partial charge in [0.2, 0.25) is 10.0 Å². The first kappa shape index (κ1) is 14.5. The number of hydrogen-bond acceptors (Lipinski definition) is 3. The molecule has 0 spiro atoms. The normalized spacial score (nSPS) is 22.9. The summed E-state index contributed by atoms with van der Waals surface area (Å²) in [5, 5.41) is 4.18. The van der Waals surface area contributed by atoms with Crippen molar-refractivity contribution in [1.29, 1.82) is 0 Å². The summed E-state index contributed by atoms with van der Waals surface area (Å²) in [5.41, 5.74) is 1.47. The van der Waals surface area contributed by atoms with Crippen LogP contribution in [0.4, 0.5) is 0 Å². The van der Waals surface area contributed by atoms with Gasteiger partial charge in [0.05, 0.1) is 11.4 Å². The second-order valence-electron chi connectivity index (χ2n) is 6.35. The summed E-state index contributed by atoms with van der Waals surface area (Å²) in [6, 6.07) is 0.0407. The molecule has 1 heterocycles. The van der Waals surface area contributed by atoms with E-state index in [0.29, 0.717) is 16.3 Å². The average molecular weight is 285 g/mol. The van der Waals surface area contributed by atoms with Crippen LogP contribution in [0.3, 0.4) is 0 Å². The molecule has 108 valence electrons. The summed E-state index contributed by atoms with van der Waals surface area (Å²) in [5.74, 6) is 0. The van der Waals surface area contributed by atoms with Crippen LogP contribution in [-0.4, -0.2) is 24.2 Å². The van der Waals surface area contributed by atoms with Gasteiger partial charge in [0, 0.05) is 13.1 Å². The number of aryl methyl sites for hydroxylation is 2. The fraction of sp³-hybridized carbons (Fsp3) is 0.769. The molecule has 2 rings (SSSR count). The molecule has 1 aromatic heterocycles. The molecule has 1 fully saturated rings. The zero-order valence-corrected chi connectivity index (χ0v) is 13.1. The standard InChI is InChI=1S/C13H23N3O2S/c1-9-12(10(2)16(5)14-9)19(17,18)15-11-6-7-13(3,4)8-11/h11,15H,6-8H2,1-5H3. The van der Waals surface area contributed by atoms with Gasteiger partial charge in [-0.05, 0) is 38.5 Å². The van der Waals surface area contributed by atoms with Crippen molar-refractivity contribution in [1.82, 2.24) is 14.5 Å². The summed E-state index contributed by atoms with van der Waals surface area (Å²) in [7, 11) is -1.70. The van der Waals surface area contributed by atoms with E-state index in [1.54, 1.807) is 25.6 Å². The Morgan fingerprint density at radius 2 is 2.00 bits per heavy atom. The minimum Gasteiger partial charge on any atom is -0.271 e. The number of rotatable bonds is 3. The molecule has 19 heavy (non-hydrogen) atoms. The first-order chi connectivity index (χ1) is 8.62. The maximum Gasteiger partial charge on any atom is 0.244 e.